The number of ether oxygens (including phenoxy) is 1. The van der Waals surface area contributed by atoms with E-state index in [-0.39, 0.29) is 11.9 Å². The molecule has 128 valence electrons. The van der Waals surface area contributed by atoms with Gasteiger partial charge in [0, 0.05) is 38.1 Å². The van der Waals surface area contributed by atoms with E-state index in [1.54, 1.807) is 0 Å². The molecule has 2 rings (SSSR count). The van der Waals surface area contributed by atoms with Crippen LogP contribution in [0, 0.1) is 0 Å². The van der Waals surface area contributed by atoms with Gasteiger partial charge in [-0.05, 0) is 32.0 Å². The number of nitrogens with one attached hydrogen (secondary N) is 2. The maximum Gasteiger partial charge on any atom is 0.221 e. The molecule has 0 saturated carbocycles. The fourth-order valence-corrected chi connectivity index (χ4v) is 2.58. The summed E-state index contributed by atoms with van der Waals surface area (Å²) in [6.45, 7) is 8.00. The normalized spacial score (nSPS) is 18.4. The summed E-state index contributed by atoms with van der Waals surface area (Å²) in [5, 5.41) is 6.34. The van der Waals surface area contributed by atoms with Gasteiger partial charge in [-0.2, -0.15) is 0 Å². The lowest BCUT2D eigenvalue weighted by Crippen LogP contribution is -2.44. The molecule has 1 fully saturated rings. The standard InChI is InChI=1S/C18H29N3O2/c1-14(2)21(3)12-16-7-5-4-6-15(16)11-20-18(22)10-17-13-23-9-8-19-17/h4-7,14,17,19H,8-13H2,1-3H3,(H,20,22). The van der Waals surface area contributed by atoms with E-state index >= 15 is 0 Å². The molecule has 2 N–H and O–H groups in total. The molecule has 1 heterocycles. The molecule has 1 aromatic rings. The second-order valence-corrected chi connectivity index (χ2v) is 6.48. The summed E-state index contributed by atoms with van der Waals surface area (Å²) in [5.41, 5.74) is 2.45. The van der Waals surface area contributed by atoms with Crippen molar-refractivity contribution >= 4 is 5.91 Å². The van der Waals surface area contributed by atoms with Crippen LogP contribution < -0.4 is 10.6 Å². The van der Waals surface area contributed by atoms with E-state index in [1.807, 2.05) is 6.07 Å². The SMILES string of the molecule is CC(C)N(C)Cc1ccccc1CNC(=O)CC1COCCN1. The second kappa shape index (κ2) is 9.01. The minimum Gasteiger partial charge on any atom is -0.378 e. The third kappa shape index (κ3) is 5.94. The van der Waals surface area contributed by atoms with E-state index in [1.165, 1.54) is 11.1 Å². The van der Waals surface area contributed by atoms with Crippen LogP contribution in [0.5, 0.6) is 0 Å². The molecule has 0 bridgehead atoms. The average molecular weight is 319 g/mol. The van der Waals surface area contributed by atoms with Crippen molar-refractivity contribution < 1.29 is 9.53 Å². The van der Waals surface area contributed by atoms with Crippen molar-refractivity contribution in [3.63, 3.8) is 0 Å². The number of amides is 1. The van der Waals surface area contributed by atoms with Crippen LogP contribution in [0.4, 0.5) is 0 Å². The molecule has 0 spiro atoms. The van der Waals surface area contributed by atoms with Gasteiger partial charge in [-0.15, -0.1) is 0 Å². The number of hydrogen-bond acceptors (Lipinski definition) is 4. The van der Waals surface area contributed by atoms with Gasteiger partial charge < -0.3 is 15.4 Å². The van der Waals surface area contributed by atoms with Crippen LogP contribution in [0.2, 0.25) is 0 Å². The Bertz CT molecular complexity index is 499. The van der Waals surface area contributed by atoms with Crippen molar-refractivity contribution in [2.24, 2.45) is 0 Å². The minimum atomic E-state index is 0.0695. The fraction of sp³-hybridized carbons (Fsp3) is 0.611. The van der Waals surface area contributed by atoms with Crippen molar-refractivity contribution in [1.82, 2.24) is 15.5 Å². The quantitative estimate of drug-likeness (QED) is 0.800. The summed E-state index contributed by atoms with van der Waals surface area (Å²) < 4.78 is 5.38. The highest BCUT2D eigenvalue weighted by molar-refractivity contribution is 5.76. The number of carbonyl (C=O) groups excluding carboxylic acids is 1. The minimum absolute atomic E-state index is 0.0695. The first-order chi connectivity index (χ1) is 11.1. The molecule has 1 aliphatic rings. The predicted octanol–water partition coefficient (Wildman–Crippen LogP) is 1.52. The molecule has 5 heteroatoms. The Balaban J connectivity index is 1.85. The first-order valence-corrected chi connectivity index (χ1v) is 8.41. The first-order valence-electron chi connectivity index (χ1n) is 8.41. The molecule has 5 nitrogen and oxygen atoms in total. The smallest absolute Gasteiger partial charge is 0.221 e. The highest BCUT2D eigenvalue weighted by atomic mass is 16.5. The monoisotopic (exact) mass is 319 g/mol. The summed E-state index contributed by atoms with van der Waals surface area (Å²) in [7, 11) is 2.12. The van der Waals surface area contributed by atoms with Crippen molar-refractivity contribution in [2.75, 3.05) is 26.8 Å². The lowest BCUT2D eigenvalue weighted by Gasteiger charge is -2.24. The number of rotatable bonds is 7. The van der Waals surface area contributed by atoms with Gasteiger partial charge in [-0.25, -0.2) is 0 Å². The van der Waals surface area contributed by atoms with E-state index in [0.29, 0.717) is 25.6 Å². The van der Waals surface area contributed by atoms with Gasteiger partial charge in [-0.3, -0.25) is 9.69 Å². The van der Waals surface area contributed by atoms with Gasteiger partial charge >= 0.3 is 0 Å². The predicted molar refractivity (Wildman–Crippen MR) is 92.1 cm³/mol. The highest BCUT2D eigenvalue weighted by Gasteiger charge is 2.17. The summed E-state index contributed by atoms with van der Waals surface area (Å²) in [4.78, 5) is 14.4. The topological polar surface area (TPSA) is 53.6 Å². The Morgan fingerprint density at radius 2 is 2.13 bits per heavy atom. The van der Waals surface area contributed by atoms with Crippen LogP contribution in [0.15, 0.2) is 24.3 Å². The second-order valence-electron chi connectivity index (χ2n) is 6.48. The zero-order valence-electron chi connectivity index (χ0n) is 14.5. The Kier molecular flexibility index (Phi) is 7.02. The molecule has 0 aromatic heterocycles. The zero-order valence-corrected chi connectivity index (χ0v) is 14.5. The summed E-state index contributed by atoms with van der Waals surface area (Å²) in [6, 6.07) is 8.93. The van der Waals surface area contributed by atoms with Gasteiger partial charge in [0.05, 0.1) is 13.2 Å². The molecule has 1 saturated heterocycles. The largest absolute Gasteiger partial charge is 0.378 e. The van der Waals surface area contributed by atoms with E-state index < -0.39 is 0 Å². The van der Waals surface area contributed by atoms with Crippen molar-refractivity contribution in [3.05, 3.63) is 35.4 Å². The Morgan fingerprint density at radius 1 is 1.39 bits per heavy atom. The maximum absolute atomic E-state index is 12.1. The Morgan fingerprint density at radius 3 is 2.78 bits per heavy atom. The van der Waals surface area contributed by atoms with Crippen molar-refractivity contribution in [3.8, 4) is 0 Å². The number of nitrogens with zero attached hydrogens (tertiary/aromatic N) is 1. The van der Waals surface area contributed by atoms with Crippen LogP contribution >= 0.6 is 0 Å². The van der Waals surface area contributed by atoms with Crippen LogP contribution in [-0.2, 0) is 22.6 Å². The zero-order chi connectivity index (χ0) is 16.7. The number of hydrogen-bond donors (Lipinski definition) is 2. The molecule has 1 atom stereocenters. The van der Waals surface area contributed by atoms with Crippen LogP contribution in [-0.4, -0.2) is 49.7 Å². The molecular weight excluding hydrogens is 290 g/mol. The van der Waals surface area contributed by atoms with Crippen LogP contribution in [0.3, 0.4) is 0 Å². The summed E-state index contributed by atoms with van der Waals surface area (Å²) in [5.74, 6) is 0.0695. The number of benzene rings is 1. The van der Waals surface area contributed by atoms with Gasteiger partial charge in [0.15, 0.2) is 0 Å². The molecule has 1 aromatic carbocycles. The van der Waals surface area contributed by atoms with Gasteiger partial charge in [-0.1, -0.05) is 24.3 Å². The van der Waals surface area contributed by atoms with Gasteiger partial charge in [0.25, 0.3) is 0 Å². The summed E-state index contributed by atoms with van der Waals surface area (Å²) in [6.07, 6.45) is 0.466. The highest BCUT2D eigenvalue weighted by Crippen LogP contribution is 2.12. The number of morpholine rings is 1. The van der Waals surface area contributed by atoms with E-state index in [2.05, 4.69) is 54.6 Å². The first kappa shape index (κ1) is 17.9. The van der Waals surface area contributed by atoms with E-state index in [9.17, 15) is 4.79 Å². The van der Waals surface area contributed by atoms with E-state index in [0.717, 1.165) is 19.7 Å². The lowest BCUT2D eigenvalue weighted by atomic mass is 10.1. The molecule has 1 unspecified atom stereocenters. The summed E-state index contributed by atoms with van der Waals surface area (Å²) >= 11 is 0. The Labute approximate surface area is 139 Å². The molecule has 0 radical (unpaired) electrons. The third-order valence-corrected chi connectivity index (χ3v) is 4.33. The molecule has 23 heavy (non-hydrogen) atoms. The van der Waals surface area contributed by atoms with Crippen LogP contribution in [0.1, 0.15) is 31.4 Å². The molecule has 1 aliphatic heterocycles. The lowest BCUT2D eigenvalue weighted by molar-refractivity contribution is -0.122. The van der Waals surface area contributed by atoms with Gasteiger partial charge in [0.2, 0.25) is 5.91 Å². The van der Waals surface area contributed by atoms with Gasteiger partial charge in [0.1, 0.15) is 0 Å². The molecule has 1 amide bonds. The molecular formula is C18H29N3O2. The molecule has 0 aliphatic carbocycles. The van der Waals surface area contributed by atoms with E-state index in [4.69, 9.17) is 4.74 Å². The average Bonchev–Trinajstić information content (AvgIpc) is 2.55. The maximum atomic E-state index is 12.1. The van der Waals surface area contributed by atoms with Crippen molar-refractivity contribution in [2.45, 2.75) is 45.4 Å². The fourth-order valence-electron chi connectivity index (χ4n) is 2.58. The Hall–Kier alpha value is -1.43. The number of carbonyl (C=O) groups is 1. The van der Waals surface area contributed by atoms with Crippen molar-refractivity contribution in [1.29, 1.82) is 0 Å². The third-order valence-electron chi connectivity index (χ3n) is 4.33. The van der Waals surface area contributed by atoms with Crippen LogP contribution in [0.25, 0.3) is 0 Å².